The predicted octanol–water partition coefficient (Wildman–Crippen LogP) is 3.09. The van der Waals surface area contributed by atoms with Crippen LogP contribution in [0.4, 0.5) is 0 Å². The highest BCUT2D eigenvalue weighted by molar-refractivity contribution is 7.08. The van der Waals surface area contributed by atoms with E-state index in [1.165, 1.54) is 0 Å². The summed E-state index contributed by atoms with van der Waals surface area (Å²) in [5, 5.41) is 16.2. The molecule has 2 N–H and O–H groups in total. The van der Waals surface area contributed by atoms with Crippen molar-refractivity contribution in [1.29, 1.82) is 0 Å². The van der Waals surface area contributed by atoms with Gasteiger partial charge in [-0.2, -0.15) is 11.3 Å². The molecule has 0 saturated heterocycles. The van der Waals surface area contributed by atoms with Crippen LogP contribution < -0.4 is 5.32 Å². The fraction of sp³-hybridized carbons (Fsp3) is 0.312. The molecule has 2 atom stereocenters. The SMILES string of the molecule is CC(C(=O)NC(CCO)c1ccccc1)c1ccsc1. The van der Waals surface area contributed by atoms with Crippen molar-refractivity contribution >= 4 is 17.2 Å². The molecule has 2 aromatic rings. The topological polar surface area (TPSA) is 49.3 Å². The molecule has 0 radical (unpaired) electrons. The summed E-state index contributed by atoms with van der Waals surface area (Å²) < 4.78 is 0. The van der Waals surface area contributed by atoms with Gasteiger partial charge in [-0.15, -0.1) is 0 Å². The van der Waals surface area contributed by atoms with Crippen LogP contribution in [0.15, 0.2) is 47.2 Å². The molecule has 1 amide bonds. The van der Waals surface area contributed by atoms with E-state index >= 15 is 0 Å². The van der Waals surface area contributed by atoms with Gasteiger partial charge in [-0.25, -0.2) is 0 Å². The molecular formula is C16H19NO2S. The molecule has 2 unspecified atom stereocenters. The van der Waals surface area contributed by atoms with Crippen molar-refractivity contribution in [3.63, 3.8) is 0 Å². The molecule has 1 heterocycles. The third-order valence-electron chi connectivity index (χ3n) is 3.37. The Morgan fingerprint density at radius 2 is 2.00 bits per heavy atom. The first-order chi connectivity index (χ1) is 9.72. The van der Waals surface area contributed by atoms with Crippen molar-refractivity contribution in [3.8, 4) is 0 Å². The van der Waals surface area contributed by atoms with Crippen molar-refractivity contribution in [2.75, 3.05) is 6.61 Å². The van der Waals surface area contributed by atoms with E-state index in [9.17, 15) is 9.90 Å². The minimum absolute atomic E-state index is 0.00861. The number of amides is 1. The van der Waals surface area contributed by atoms with Crippen molar-refractivity contribution in [3.05, 3.63) is 58.3 Å². The first-order valence-corrected chi connectivity index (χ1v) is 7.65. The second kappa shape index (κ2) is 7.22. The van der Waals surface area contributed by atoms with E-state index in [4.69, 9.17) is 0 Å². The standard InChI is InChI=1S/C16H19NO2S/c1-12(14-8-10-20-11-14)16(19)17-15(7-9-18)13-5-3-2-4-6-13/h2-6,8,10-12,15,18H,7,9H2,1H3,(H,17,19). The molecule has 4 heteroatoms. The molecule has 0 bridgehead atoms. The second-order valence-corrected chi connectivity index (χ2v) is 5.54. The lowest BCUT2D eigenvalue weighted by molar-refractivity contribution is -0.123. The highest BCUT2D eigenvalue weighted by atomic mass is 32.1. The lowest BCUT2D eigenvalue weighted by atomic mass is 10.0. The minimum Gasteiger partial charge on any atom is -0.396 e. The van der Waals surface area contributed by atoms with Gasteiger partial charge in [-0.1, -0.05) is 30.3 Å². The maximum absolute atomic E-state index is 12.3. The van der Waals surface area contributed by atoms with Crippen molar-refractivity contribution in [2.24, 2.45) is 0 Å². The molecule has 1 aromatic heterocycles. The Bertz CT molecular complexity index is 525. The van der Waals surface area contributed by atoms with Crippen LogP contribution in [0, 0.1) is 0 Å². The van der Waals surface area contributed by atoms with Crippen molar-refractivity contribution < 1.29 is 9.90 Å². The average Bonchev–Trinajstić information content (AvgIpc) is 3.01. The van der Waals surface area contributed by atoms with E-state index < -0.39 is 0 Å². The summed E-state index contributed by atoms with van der Waals surface area (Å²) in [7, 11) is 0. The number of carbonyl (C=O) groups excluding carboxylic acids is 1. The van der Waals surface area contributed by atoms with Crippen molar-refractivity contribution in [2.45, 2.75) is 25.3 Å². The number of nitrogens with one attached hydrogen (secondary N) is 1. The van der Waals surface area contributed by atoms with Gasteiger partial charge >= 0.3 is 0 Å². The quantitative estimate of drug-likeness (QED) is 0.858. The molecule has 0 aliphatic carbocycles. The van der Waals surface area contributed by atoms with Crippen LogP contribution in [0.5, 0.6) is 0 Å². The van der Waals surface area contributed by atoms with Crippen LogP contribution in [-0.2, 0) is 4.79 Å². The van der Waals surface area contributed by atoms with E-state index in [2.05, 4.69) is 5.32 Å². The lowest BCUT2D eigenvalue weighted by Gasteiger charge is -2.20. The smallest absolute Gasteiger partial charge is 0.227 e. The van der Waals surface area contributed by atoms with Gasteiger partial charge in [-0.05, 0) is 41.3 Å². The van der Waals surface area contributed by atoms with Gasteiger partial charge in [0.15, 0.2) is 0 Å². The second-order valence-electron chi connectivity index (χ2n) is 4.76. The number of hydrogen-bond acceptors (Lipinski definition) is 3. The van der Waals surface area contributed by atoms with E-state index in [1.807, 2.05) is 54.1 Å². The Labute approximate surface area is 123 Å². The summed E-state index contributed by atoms with van der Waals surface area (Å²) in [6, 6.07) is 11.6. The molecule has 106 valence electrons. The van der Waals surface area contributed by atoms with E-state index in [0.29, 0.717) is 6.42 Å². The summed E-state index contributed by atoms with van der Waals surface area (Å²) in [5.41, 5.74) is 2.05. The first-order valence-electron chi connectivity index (χ1n) is 6.70. The molecule has 0 saturated carbocycles. The monoisotopic (exact) mass is 289 g/mol. The van der Waals surface area contributed by atoms with Gasteiger partial charge in [0.1, 0.15) is 0 Å². The number of rotatable bonds is 6. The Balaban J connectivity index is 2.06. The number of aliphatic hydroxyl groups is 1. The number of carbonyl (C=O) groups is 1. The fourth-order valence-corrected chi connectivity index (χ4v) is 2.86. The molecule has 0 aliphatic heterocycles. The zero-order valence-corrected chi connectivity index (χ0v) is 12.3. The van der Waals surface area contributed by atoms with Crippen LogP contribution >= 0.6 is 11.3 Å². The Morgan fingerprint density at radius 3 is 2.60 bits per heavy atom. The van der Waals surface area contributed by atoms with Crippen LogP contribution in [-0.4, -0.2) is 17.6 Å². The molecule has 0 fully saturated rings. The van der Waals surface area contributed by atoms with Crippen LogP contribution in [0.1, 0.15) is 36.4 Å². The minimum atomic E-state index is -0.175. The summed E-state index contributed by atoms with van der Waals surface area (Å²) >= 11 is 1.59. The van der Waals surface area contributed by atoms with E-state index in [0.717, 1.165) is 11.1 Å². The maximum Gasteiger partial charge on any atom is 0.227 e. The number of benzene rings is 1. The molecule has 0 spiro atoms. The number of aliphatic hydroxyl groups excluding tert-OH is 1. The first kappa shape index (κ1) is 14.8. The number of hydrogen-bond donors (Lipinski definition) is 2. The Kier molecular flexibility index (Phi) is 5.32. The van der Waals surface area contributed by atoms with Crippen LogP contribution in [0.3, 0.4) is 0 Å². The Morgan fingerprint density at radius 1 is 1.25 bits per heavy atom. The highest BCUT2D eigenvalue weighted by Crippen LogP contribution is 2.21. The lowest BCUT2D eigenvalue weighted by Crippen LogP contribution is -2.32. The Hall–Kier alpha value is -1.65. The van der Waals surface area contributed by atoms with Crippen LogP contribution in [0.25, 0.3) is 0 Å². The molecule has 0 aliphatic rings. The fourth-order valence-electron chi connectivity index (χ4n) is 2.11. The maximum atomic E-state index is 12.3. The zero-order chi connectivity index (χ0) is 14.4. The largest absolute Gasteiger partial charge is 0.396 e. The molecular weight excluding hydrogens is 270 g/mol. The third kappa shape index (κ3) is 3.68. The van der Waals surface area contributed by atoms with Gasteiger partial charge in [0.05, 0.1) is 12.0 Å². The highest BCUT2D eigenvalue weighted by Gasteiger charge is 2.20. The van der Waals surface area contributed by atoms with Gasteiger partial charge in [0.25, 0.3) is 0 Å². The van der Waals surface area contributed by atoms with E-state index in [-0.39, 0.29) is 24.5 Å². The molecule has 3 nitrogen and oxygen atoms in total. The number of thiophene rings is 1. The summed E-state index contributed by atoms with van der Waals surface area (Å²) in [6.45, 7) is 1.95. The summed E-state index contributed by atoms with van der Waals surface area (Å²) in [4.78, 5) is 12.3. The summed E-state index contributed by atoms with van der Waals surface area (Å²) in [5.74, 6) is -0.183. The van der Waals surface area contributed by atoms with Gasteiger partial charge in [-0.3, -0.25) is 4.79 Å². The third-order valence-corrected chi connectivity index (χ3v) is 4.07. The normalized spacial score (nSPS) is 13.7. The molecule has 20 heavy (non-hydrogen) atoms. The van der Waals surface area contributed by atoms with Gasteiger partial charge in [0, 0.05) is 6.61 Å². The summed E-state index contributed by atoms with van der Waals surface area (Å²) in [6.07, 6.45) is 0.520. The molecule has 1 aromatic carbocycles. The van der Waals surface area contributed by atoms with Crippen LogP contribution in [0.2, 0.25) is 0 Å². The zero-order valence-electron chi connectivity index (χ0n) is 11.5. The van der Waals surface area contributed by atoms with Gasteiger partial charge in [0.2, 0.25) is 5.91 Å². The van der Waals surface area contributed by atoms with E-state index in [1.54, 1.807) is 11.3 Å². The van der Waals surface area contributed by atoms with Gasteiger partial charge < -0.3 is 10.4 Å². The molecule has 2 rings (SSSR count). The predicted molar refractivity (Wildman–Crippen MR) is 81.8 cm³/mol. The van der Waals surface area contributed by atoms with Crippen molar-refractivity contribution in [1.82, 2.24) is 5.32 Å². The average molecular weight is 289 g/mol.